The molecule has 7 aromatic carbocycles. The molecule has 2 fully saturated rings. The Bertz CT molecular complexity index is 3480. The van der Waals surface area contributed by atoms with Gasteiger partial charge in [0.25, 0.3) is 0 Å². The molecule has 4 amide bonds. The first kappa shape index (κ1) is 53.3. The van der Waals surface area contributed by atoms with Gasteiger partial charge in [0, 0.05) is 25.2 Å². The van der Waals surface area contributed by atoms with Gasteiger partial charge in [-0.15, -0.1) is 0 Å². The highest BCUT2D eigenvalue weighted by Gasteiger charge is 2.76. The van der Waals surface area contributed by atoms with Gasteiger partial charge in [-0.05, 0) is 107 Å². The van der Waals surface area contributed by atoms with E-state index in [0.29, 0.717) is 59.0 Å². The van der Waals surface area contributed by atoms with Gasteiger partial charge in [0.1, 0.15) is 29.9 Å². The monoisotopic (exact) mass is 1070 g/mol. The third-order valence-corrected chi connectivity index (χ3v) is 16.0. The molecule has 7 aromatic rings. The minimum atomic E-state index is -2.04. The zero-order chi connectivity index (χ0) is 55.5. The Balaban J connectivity index is 1.16. The van der Waals surface area contributed by atoms with E-state index in [1.54, 1.807) is 43.4 Å². The fourth-order valence-corrected chi connectivity index (χ4v) is 12.5. The number of hydrogen-bond donors (Lipinski definition) is 2. The van der Waals surface area contributed by atoms with Gasteiger partial charge in [-0.1, -0.05) is 145 Å². The van der Waals surface area contributed by atoms with Gasteiger partial charge < -0.3 is 34.3 Å². The average molecular weight is 1070 g/mol. The van der Waals surface area contributed by atoms with E-state index in [1.165, 1.54) is 0 Å². The number of imide groups is 1. The molecule has 14 nitrogen and oxygen atoms in total. The molecule has 0 aromatic heterocycles. The maximum atomic E-state index is 17.1. The standard InChI is InChI=1S/C66H63N5O9/c1-43(46-22-11-6-12-23-46)67-65(76)70-54-31-30-44(21-18-33-68(2)41-45-19-9-5-10-20-45)37-53(54)66(64(70)75)57(62(73)69-34-32-49-39-55(77-3)56(78-4)40-51(49)42-69)59-63(74)80-60(48-26-15-8-16-27-48)58(47-24-13-7-14-25-47)71(59)61(66)50-28-17-29-52(38-50)79-36-35-72/h5-17,19-20,22-31,37-40,43,57-61,72H,32-36,41-42H2,1-4H3,(H,67,76). The zero-order valence-electron chi connectivity index (χ0n) is 45.2. The topological polar surface area (TPSA) is 150 Å². The molecule has 0 saturated carbocycles. The van der Waals surface area contributed by atoms with Crippen molar-refractivity contribution in [1.82, 2.24) is 20.0 Å². The van der Waals surface area contributed by atoms with E-state index < -0.39 is 65.4 Å². The van der Waals surface area contributed by atoms with Crippen molar-refractivity contribution in [1.29, 1.82) is 0 Å². The Morgan fingerprint density at radius 2 is 1.43 bits per heavy atom. The molecule has 4 aliphatic rings. The lowest BCUT2D eigenvalue weighted by Crippen LogP contribution is -2.57. The summed E-state index contributed by atoms with van der Waals surface area (Å²) in [5.74, 6) is 4.80. The van der Waals surface area contributed by atoms with Crippen molar-refractivity contribution in [2.75, 3.05) is 52.5 Å². The summed E-state index contributed by atoms with van der Waals surface area (Å²) in [7, 11) is 5.14. The second-order valence-electron chi connectivity index (χ2n) is 20.8. The smallest absolute Gasteiger partial charge is 0.329 e. The summed E-state index contributed by atoms with van der Waals surface area (Å²) in [6.07, 6.45) is -0.494. The van der Waals surface area contributed by atoms with Crippen molar-refractivity contribution in [2.24, 2.45) is 5.92 Å². The van der Waals surface area contributed by atoms with E-state index in [4.69, 9.17) is 18.9 Å². The number of aliphatic hydroxyl groups excluding tert-OH is 1. The number of anilines is 1. The molecule has 2 N–H and O–H groups in total. The number of morpholine rings is 1. The summed E-state index contributed by atoms with van der Waals surface area (Å²) in [4.78, 5) is 72.3. The second kappa shape index (κ2) is 22.9. The van der Waals surface area contributed by atoms with Gasteiger partial charge in [0.2, 0.25) is 11.8 Å². The first-order valence-corrected chi connectivity index (χ1v) is 27.0. The third-order valence-electron chi connectivity index (χ3n) is 16.0. The molecule has 0 radical (unpaired) electrons. The van der Waals surface area contributed by atoms with Gasteiger partial charge in [0.15, 0.2) is 11.5 Å². The van der Waals surface area contributed by atoms with Crippen LogP contribution < -0.4 is 24.4 Å². The van der Waals surface area contributed by atoms with Crippen LogP contribution in [0.4, 0.5) is 10.5 Å². The summed E-state index contributed by atoms with van der Waals surface area (Å²) in [6, 6.07) is 50.5. The molecule has 11 rings (SSSR count). The highest BCUT2D eigenvalue weighted by atomic mass is 16.6. The zero-order valence-corrected chi connectivity index (χ0v) is 45.2. The number of urea groups is 1. The number of aliphatic hydroxyl groups is 1. The number of ether oxygens (including phenoxy) is 4. The van der Waals surface area contributed by atoms with Crippen molar-refractivity contribution in [3.63, 3.8) is 0 Å². The number of hydrogen-bond acceptors (Lipinski definition) is 11. The van der Waals surface area contributed by atoms with Gasteiger partial charge in [-0.25, -0.2) is 9.69 Å². The van der Waals surface area contributed by atoms with E-state index in [1.807, 2.05) is 158 Å². The van der Waals surface area contributed by atoms with Crippen molar-refractivity contribution < 1.29 is 43.2 Å². The minimum Gasteiger partial charge on any atom is -0.493 e. The maximum absolute atomic E-state index is 17.1. The Kier molecular flexibility index (Phi) is 15.3. The first-order valence-electron chi connectivity index (χ1n) is 27.0. The summed E-state index contributed by atoms with van der Waals surface area (Å²) in [5, 5.41) is 13.1. The van der Waals surface area contributed by atoms with Gasteiger partial charge in [-0.2, -0.15) is 0 Å². The quantitative estimate of drug-likeness (QED) is 0.0793. The predicted molar refractivity (Wildman–Crippen MR) is 303 cm³/mol. The van der Waals surface area contributed by atoms with Crippen LogP contribution in [0.2, 0.25) is 0 Å². The molecule has 4 aliphatic heterocycles. The van der Waals surface area contributed by atoms with E-state index in [0.717, 1.165) is 32.7 Å². The molecule has 406 valence electrons. The van der Waals surface area contributed by atoms with Crippen LogP contribution in [-0.2, 0) is 44.0 Å². The molecular weight excluding hydrogens is 1010 g/mol. The fraction of sp³-hybridized carbons (Fsp3) is 0.273. The lowest BCUT2D eigenvalue weighted by molar-refractivity contribution is -0.179. The lowest BCUT2D eigenvalue weighted by Gasteiger charge is -2.46. The number of carbonyl (C=O) groups excluding carboxylic acids is 4. The number of methoxy groups -OCH3 is 2. The first-order chi connectivity index (χ1) is 39.0. The van der Waals surface area contributed by atoms with Crippen molar-refractivity contribution in [3.8, 4) is 29.1 Å². The second-order valence-corrected chi connectivity index (χ2v) is 20.8. The van der Waals surface area contributed by atoms with E-state index in [2.05, 4.69) is 34.2 Å². The normalized spacial score (nSPS) is 21.4. The van der Waals surface area contributed by atoms with E-state index >= 15 is 19.2 Å². The van der Waals surface area contributed by atoms with Crippen LogP contribution >= 0.6 is 0 Å². The molecule has 2 saturated heterocycles. The number of fused-ring (bicyclic) bond motifs is 4. The molecule has 0 aliphatic carbocycles. The largest absolute Gasteiger partial charge is 0.493 e. The summed E-state index contributed by atoms with van der Waals surface area (Å²) in [5.41, 5.74) is 4.84. The van der Waals surface area contributed by atoms with Crippen LogP contribution in [0.5, 0.6) is 17.2 Å². The number of carbonyl (C=O) groups is 4. The van der Waals surface area contributed by atoms with Crippen molar-refractivity contribution >= 4 is 29.5 Å². The number of benzene rings is 7. The van der Waals surface area contributed by atoms with Crippen LogP contribution in [0.25, 0.3) is 0 Å². The SMILES string of the molecule is COc1cc2c(cc1OC)CN(C(=O)C1C3C(=O)OC(c4ccccc4)C(c4ccccc4)N3C(c3cccc(OCCO)c3)C13C(=O)N(C(=O)NC(C)c1ccccc1)c1ccc(C#CCN(C)Cc4ccccc4)cc13)CC2. The van der Waals surface area contributed by atoms with Gasteiger partial charge in [-0.3, -0.25) is 24.2 Å². The highest BCUT2D eigenvalue weighted by molar-refractivity contribution is 6.24. The Labute approximate surface area is 466 Å². The average Bonchev–Trinajstić information content (AvgIpc) is 4.18. The minimum absolute atomic E-state index is 0.0211. The number of rotatable bonds is 14. The summed E-state index contributed by atoms with van der Waals surface area (Å²) >= 11 is 0. The van der Waals surface area contributed by atoms with E-state index in [-0.39, 0.29) is 32.0 Å². The molecule has 7 unspecified atom stereocenters. The lowest BCUT2D eigenvalue weighted by atomic mass is 9.64. The predicted octanol–water partition coefficient (Wildman–Crippen LogP) is 9.28. The molecule has 1 spiro atoms. The van der Waals surface area contributed by atoms with Crippen molar-refractivity contribution in [2.45, 2.75) is 62.1 Å². The van der Waals surface area contributed by atoms with Crippen LogP contribution in [0, 0.1) is 17.8 Å². The highest BCUT2D eigenvalue weighted by Crippen LogP contribution is 2.66. The Hall–Kier alpha value is -8.74. The van der Waals surface area contributed by atoms with E-state index in [9.17, 15) is 5.11 Å². The summed E-state index contributed by atoms with van der Waals surface area (Å²) in [6.45, 7) is 2.99. The van der Waals surface area contributed by atoms with Crippen LogP contribution in [0.15, 0.2) is 176 Å². The maximum Gasteiger partial charge on any atom is 0.329 e. The molecule has 7 atom stereocenters. The number of amides is 4. The fourth-order valence-electron chi connectivity index (χ4n) is 12.5. The number of nitrogens with one attached hydrogen (secondary N) is 1. The molecule has 80 heavy (non-hydrogen) atoms. The Morgan fingerprint density at radius 3 is 2.11 bits per heavy atom. The molecule has 0 bridgehead atoms. The third kappa shape index (κ3) is 9.82. The number of cyclic esters (lactones) is 1. The molecule has 4 heterocycles. The summed E-state index contributed by atoms with van der Waals surface area (Å²) < 4.78 is 24.3. The molecule has 14 heteroatoms. The van der Waals surface area contributed by atoms with Crippen molar-refractivity contribution in [3.05, 3.63) is 226 Å². The van der Waals surface area contributed by atoms with Crippen LogP contribution in [0.1, 0.15) is 81.2 Å². The van der Waals surface area contributed by atoms with Gasteiger partial charge >= 0.3 is 12.0 Å². The van der Waals surface area contributed by atoms with Gasteiger partial charge in [0.05, 0.1) is 57.1 Å². The Morgan fingerprint density at radius 1 is 0.775 bits per heavy atom. The number of nitrogens with zero attached hydrogens (tertiary/aromatic N) is 4. The van der Waals surface area contributed by atoms with Crippen LogP contribution in [-0.4, -0.2) is 97.2 Å². The molecular formula is C66H63N5O9. The van der Waals surface area contributed by atoms with Crippen LogP contribution in [0.3, 0.4) is 0 Å². The number of esters is 1.